The van der Waals surface area contributed by atoms with Crippen molar-refractivity contribution in [2.24, 2.45) is 0 Å². The molecule has 1 atom stereocenters. The van der Waals surface area contributed by atoms with Gasteiger partial charge in [-0.05, 0) is 42.5 Å². The number of esters is 1. The number of nitrogens with one attached hydrogen (secondary N) is 2. The van der Waals surface area contributed by atoms with E-state index in [1.165, 1.54) is 16.3 Å². The lowest BCUT2D eigenvalue weighted by atomic mass is 9.83. The first kappa shape index (κ1) is 20.8. The van der Waals surface area contributed by atoms with Crippen molar-refractivity contribution >= 4 is 28.6 Å². The van der Waals surface area contributed by atoms with Crippen molar-refractivity contribution in [2.45, 2.75) is 51.0 Å². The van der Waals surface area contributed by atoms with E-state index < -0.39 is 5.54 Å². The monoisotopic (exact) mass is 396 g/mol. The SMILES string of the molecule is CCOC(=O)CCNC(=O)CCC1(Cc2cccc3ccccc23)CCC(=O)N1. The Labute approximate surface area is 171 Å². The number of rotatable bonds is 9. The molecule has 1 heterocycles. The summed E-state index contributed by atoms with van der Waals surface area (Å²) in [6.45, 7) is 2.35. The molecule has 2 aromatic carbocycles. The van der Waals surface area contributed by atoms with Crippen molar-refractivity contribution in [2.75, 3.05) is 13.2 Å². The Morgan fingerprint density at radius 3 is 2.69 bits per heavy atom. The molecule has 1 aliphatic heterocycles. The van der Waals surface area contributed by atoms with Crippen LogP contribution in [0.25, 0.3) is 10.8 Å². The number of amides is 2. The number of carbonyl (C=O) groups excluding carboxylic acids is 3. The summed E-state index contributed by atoms with van der Waals surface area (Å²) in [6, 6.07) is 14.4. The lowest BCUT2D eigenvalue weighted by molar-refractivity contribution is -0.143. The van der Waals surface area contributed by atoms with E-state index in [2.05, 4.69) is 34.9 Å². The minimum atomic E-state index is -0.417. The summed E-state index contributed by atoms with van der Waals surface area (Å²) >= 11 is 0. The second-order valence-electron chi connectivity index (χ2n) is 7.55. The zero-order chi connectivity index (χ0) is 20.7. The lowest BCUT2D eigenvalue weighted by Gasteiger charge is -2.30. The Kier molecular flexibility index (Phi) is 6.86. The van der Waals surface area contributed by atoms with Gasteiger partial charge in [0.25, 0.3) is 0 Å². The normalized spacial score (nSPS) is 18.4. The topological polar surface area (TPSA) is 84.5 Å². The Morgan fingerprint density at radius 1 is 1.14 bits per heavy atom. The van der Waals surface area contributed by atoms with Crippen molar-refractivity contribution in [1.82, 2.24) is 10.6 Å². The molecule has 1 saturated heterocycles. The summed E-state index contributed by atoms with van der Waals surface area (Å²) in [5.74, 6) is -0.399. The highest BCUT2D eigenvalue weighted by molar-refractivity contribution is 5.86. The van der Waals surface area contributed by atoms with Gasteiger partial charge in [0.15, 0.2) is 0 Å². The van der Waals surface area contributed by atoms with E-state index in [1.54, 1.807) is 6.92 Å². The molecule has 6 nitrogen and oxygen atoms in total. The van der Waals surface area contributed by atoms with Crippen LogP contribution in [0, 0.1) is 0 Å². The van der Waals surface area contributed by atoms with Crippen molar-refractivity contribution in [3.8, 4) is 0 Å². The third-order valence-electron chi connectivity index (χ3n) is 5.43. The van der Waals surface area contributed by atoms with E-state index in [4.69, 9.17) is 4.74 Å². The molecule has 0 bridgehead atoms. The standard InChI is InChI=1S/C23H28N2O4/c1-2-29-22(28)12-15-24-20(26)10-13-23(14-11-21(27)25-23)16-18-8-5-7-17-6-3-4-9-19(17)18/h3-9H,2,10-16H2,1H3,(H,24,26)(H,25,27). The lowest BCUT2D eigenvalue weighted by Crippen LogP contribution is -2.44. The third kappa shape index (κ3) is 5.56. The van der Waals surface area contributed by atoms with Crippen LogP contribution >= 0.6 is 0 Å². The van der Waals surface area contributed by atoms with Crippen LogP contribution in [-0.2, 0) is 25.5 Å². The minimum Gasteiger partial charge on any atom is -0.466 e. The van der Waals surface area contributed by atoms with Crippen molar-refractivity contribution in [3.05, 3.63) is 48.0 Å². The average Bonchev–Trinajstić information content (AvgIpc) is 3.08. The van der Waals surface area contributed by atoms with Gasteiger partial charge in [-0.15, -0.1) is 0 Å². The highest BCUT2D eigenvalue weighted by Gasteiger charge is 2.38. The largest absolute Gasteiger partial charge is 0.466 e. The Bertz CT molecular complexity index is 890. The van der Waals surface area contributed by atoms with E-state index >= 15 is 0 Å². The summed E-state index contributed by atoms with van der Waals surface area (Å²) in [5, 5.41) is 8.24. The maximum atomic E-state index is 12.3. The molecule has 0 radical (unpaired) electrons. The maximum Gasteiger partial charge on any atom is 0.307 e. The highest BCUT2D eigenvalue weighted by atomic mass is 16.5. The molecule has 154 valence electrons. The fraction of sp³-hybridized carbons (Fsp3) is 0.435. The molecule has 6 heteroatoms. The second-order valence-corrected chi connectivity index (χ2v) is 7.55. The predicted octanol–water partition coefficient (Wildman–Crippen LogP) is 2.88. The minimum absolute atomic E-state index is 0.0351. The number of hydrogen-bond acceptors (Lipinski definition) is 4. The zero-order valence-electron chi connectivity index (χ0n) is 16.8. The maximum absolute atomic E-state index is 12.3. The molecule has 0 aromatic heterocycles. The number of fused-ring (bicyclic) bond motifs is 1. The predicted molar refractivity (Wildman–Crippen MR) is 111 cm³/mol. The molecule has 0 aliphatic carbocycles. The molecule has 29 heavy (non-hydrogen) atoms. The molecule has 3 rings (SSSR count). The summed E-state index contributed by atoms with van der Waals surface area (Å²) in [7, 11) is 0. The van der Waals surface area contributed by atoms with E-state index in [0.29, 0.717) is 38.7 Å². The zero-order valence-corrected chi connectivity index (χ0v) is 16.8. The van der Waals surface area contributed by atoms with Crippen LogP contribution in [0.1, 0.15) is 44.6 Å². The molecule has 2 aromatic rings. The van der Waals surface area contributed by atoms with Crippen LogP contribution in [0.3, 0.4) is 0 Å². The first-order valence-corrected chi connectivity index (χ1v) is 10.2. The smallest absolute Gasteiger partial charge is 0.307 e. The van der Waals surface area contributed by atoms with E-state index in [9.17, 15) is 14.4 Å². The van der Waals surface area contributed by atoms with E-state index in [0.717, 1.165) is 0 Å². The fourth-order valence-electron chi connectivity index (χ4n) is 3.97. The summed E-state index contributed by atoms with van der Waals surface area (Å²) in [4.78, 5) is 35.6. The Hall–Kier alpha value is -2.89. The second kappa shape index (κ2) is 9.54. The average molecular weight is 396 g/mol. The Morgan fingerprint density at radius 2 is 1.93 bits per heavy atom. The van der Waals surface area contributed by atoms with Gasteiger partial charge in [0.05, 0.1) is 13.0 Å². The molecule has 0 saturated carbocycles. The number of benzene rings is 2. The van der Waals surface area contributed by atoms with Crippen molar-refractivity contribution in [3.63, 3.8) is 0 Å². The summed E-state index contributed by atoms with van der Waals surface area (Å²) < 4.78 is 4.86. The van der Waals surface area contributed by atoms with Gasteiger partial charge < -0.3 is 15.4 Å². The van der Waals surface area contributed by atoms with Gasteiger partial charge in [0.2, 0.25) is 11.8 Å². The van der Waals surface area contributed by atoms with Gasteiger partial charge in [0, 0.05) is 24.9 Å². The van der Waals surface area contributed by atoms with Crippen LogP contribution in [0.15, 0.2) is 42.5 Å². The molecule has 0 spiro atoms. The summed E-state index contributed by atoms with van der Waals surface area (Å²) in [6.07, 6.45) is 2.91. The van der Waals surface area contributed by atoms with Gasteiger partial charge in [-0.2, -0.15) is 0 Å². The number of ether oxygens (including phenoxy) is 1. The molecule has 1 fully saturated rings. The Balaban J connectivity index is 1.63. The van der Waals surface area contributed by atoms with Gasteiger partial charge in [-0.1, -0.05) is 42.5 Å². The summed E-state index contributed by atoms with van der Waals surface area (Å²) in [5.41, 5.74) is 0.757. The van der Waals surface area contributed by atoms with Crippen LogP contribution in [-0.4, -0.2) is 36.5 Å². The first-order chi connectivity index (χ1) is 14.0. The quantitative estimate of drug-likeness (QED) is 0.639. The van der Waals surface area contributed by atoms with Crippen LogP contribution in [0.2, 0.25) is 0 Å². The van der Waals surface area contributed by atoms with Crippen LogP contribution in [0.5, 0.6) is 0 Å². The van der Waals surface area contributed by atoms with Crippen LogP contribution in [0.4, 0.5) is 0 Å². The van der Waals surface area contributed by atoms with Gasteiger partial charge in [0.1, 0.15) is 0 Å². The molecule has 1 aliphatic rings. The highest BCUT2D eigenvalue weighted by Crippen LogP contribution is 2.32. The van der Waals surface area contributed by atoms with Gasteiger partial charge in [-0.3, -0.25) is 14.4 Å². The van der Waals surface area contributed by atoms with Gasteiger partial charge >= 0.3 is 5.97 Å². The molecular weight excluding hydrogens is 368 g/mol. The van der Waals surface area contributed by atoms with Crippen molar-refractivity contribution < 1.29 is 19.1 Å². The number of hydrogen-bond donors (Lipinski definition) is 2. The van der Waals surface area contributed by atoms with E-state index in [-0.39, 0.29) is 30.7 Å². The first-order valence-electron chi connectivity index (χ1n) is 10.2. The molecule has 2 amide bonds. The van der Waals surface area contributed by atoms with Gasteiger partial charge in [-0.25, -0.2) is 0 Å². The van der Waals surface area contributed by atoms with Crippen LogP contribution < -0.4 is 10.6 Å². The molecular formula is C23H28N2O4. The number of carbonyl (C=O) groups is 3. The molecule has 1 unspecified atom stereocenters. The fourth-order valence-corrected chi connectivity index (χ4v) is 3.97. The third-order valence-corrected chi connectivity index (χ3v) is 5.43. The van der Waals surface area contributed by atoms with E-state index in [1.807, 2.05) is 18.2 Å². The van der Waals surface area contributed by atoms with Crippen molar-refractivity contribution in [1.29, 1.82) is 0 Å². The molecule has 2 N–H and O–H groups in total.